The summed E-state index contributed by atoms with van der Waals surface area (Å²) >= 11 is 0. The second-order valence-corrected chi connectivity index (χ2v) is 6.66. The molecule has 24 heavy (non-hydrogen) atoms. The van der Waals surface area contributed by atoms with Gasteiger partial charge in [0, 0.05) is 36.2 Å². The minimum absolute atomic E-state index is 0.197. The van der Waals surface area contributed by atoms with Crippen molar-refractivity contribution >= 4 is 10.9 Å². The van der Waals surface area contributed by atoms with Gasteiger partial charge in [0.1, 0.15) is 0 Å². The van der Waals surface area contributed by atoms with Gasteiger partial charge < -0.3 is 9.63 Å². The van der Waals surface area contributed by atoms with E-state index in [1.807, 2.05) is 31.2 Å². The highest BCUT2D eigenvalue weighted by atomic mass is 16.5. The molecular weight excluding hydrogens is 302 g/mol. The summed E-state index contributed by atoms with van der Waals surface area (Å²) in [5.74, 6) is 1.05. The van der Waals surface area contributed by atoms with Crippen molar-refractivity contribution in [3.05, 3.63) is 59.6 Å². The van der Waals surface area contributed by atoms with Crippen LogP contribution < -0.4 is 0 Å². The zero-order chi connectivity index (χ0) is 16.5. The summed E-state index contributed by atoms with van der Waals surface area (Å²) in [6.45, 7) is 4.12. The predicted octanol–water partition coefficient (Wildman–Crippen LogP) is 2.57. The Labute approximate surface area is 140 Å². The highest BCUT2D eigenvalue weighted by Crippen LogP contribution is 2.23. The number of aryl methyl sites for hydroxylation is 1. The van der Waals surface area contributed by atoms with Crippen LogP contribution in [0.3, 0.4) is 0 Å². The molecule has 3 aromatic rings. The summed E-state index contributed by atoms with van der Waals surface area (Å²) in [4.78, 5) is 6.95. The number of benzene rings is 1. The van der Waals surface area contributed by atoms with E-state index in [2.05, 4.69) is 28.3 Å². The van der Waals surface area contributed by atoms with E-state index >= 15 is 0 Å². The van der Waals surface area contributed by atoms with Gasteiger partial charge in [-0.05, 0) is 25.5 Å². The largest absolute Gasteiger partial charge is 0.391 e. The predicted molar refractivity (Wildman–Crippen MR) is 91.5 cm³/mol. The molecule has 0 unspecified atom stereocenters. The van der Waals surface area contributed by atoms with Crippen molar-refractivity contribution in [2.75, 3.05) is 13.1 Å². The summed E-state index contributed by atoms with van der Waals surface area (Å²) in [7, 11) is 0. The molecule has 1 N–H and O–H groups in total. The van der Waals surface area contributed by atoms with Gasteiger partial charge in [0.25, 0.3) is 0 Å². The topological polar surface area (TPSA) is 62.4 Å². The molecule has 1 saturated heterocycles. The number of likely N-dealkylation sites (tertiary alicyclic amines) is 1. The molecule has 1 fully saturated rings. The second kappa shape index (κ2) is 6.34. The number of para-hydroxylation sites is 1. The first-order valence-corrected chi connectivity index (χ1v) is 8.34. The van der Waals surface area contributed by atoms with Gasteiger partial charge in [0.2, 0.25) is 0 Å². The van der Waals surface area contributed by atoms with Crippen LogP contribution in [0.4, 0.5) is 0 Å². The van der Waals surface area contributed by atoms with Crippen LogP contribution in [0, 0.1) is 12.8 Å². The Hall–Kier alpha value is -2.24. The van der Waals surface area contributed by atoms with E-state index in [-0.39, 0.29) is 12.0 Å². The van der Waals surface area contributed by atoms with Crippen molar-refractivity contribution in [1.29, 1.82) is 0 Å². The van der Waals surface area contributed by atoms with E-state index in [4.69, 9.17) is 9.51 Å². The first kappa shape index (κ1) is 15.3. The molecule has 5 heteroatoms. The van der Waals surface area contributed by atoms with Crippen molar-refractivity contribution < 1.29 is 9.63 Å². The van der Waals surface area contributed by atoms with Crippen molar-refractivity contribution in [2.24, 2.45) is 5.92 Å². The summed E-state index contributed by atoms with van der Waals surface area (Å²) in [5.41, 5.74) is 2.94. The number of aliphatic hydroxyl groups excluding tert-OH is 1. The average molecular weight is 323 g/mol. The average Bonchev–Trinajstić information content (AvgIpc) is 3.13. The number of fused-ring (bicyclic) bond motifs is 1. The van der Waals surface area contributed by atoms with Crippen molar-refractivity contribution in [1.82, 2.24) is 15.0 Å². The monoisotopic (exact) mass is 323 g/mol. The molecule has 124 valence electrons. The molecule has 0 bridgehead atoms. The zero-order valence-electron chi connectivity index (χ0n) is 13.7. The number of nitrogens with zero attached hydrogens (tertiary/aromatic N) is 3. The van der Waals surface area contributed by atoms with Gasteiger partial charge in [-0.25, -0.2) is 0 Å². The van der Waals surface area contributed by atoms with Crippen LogP contribution in [0.25, 0.3) is 10.9 Å². The Bertz CT molecular complexity index is 845. The number of pyridine rings is 1. The van der Waals surface area contributed by atoms with E-state index < -0.39 is 0 Å². The third-order valence-electron chi connectivity index (χ3n) is 4.67. The number of β-amino-alcohol motifs (C(OH)–C–C–N with tert-alkyl or cyclic N) is 1. The maximum Gasteiger partial charge on any atom is 0.150 e. The van der Waals surface area contributed by atoms with Gasteiger partial charge >= 0.3 is 0 Å². The lowest BCUT2D eigenvalue weighted by molar-refractivity contribution is 0.139. The van der Waals surface area contributed by atoms with Crippen LogP contribution >= 0.6 is 0 Å². The molecule has 0 radical (unpaired) electrons. The van der Waals surface area contributed by atoms with Crippen LogP contribution in [0.1, 0.15) is 17.1 Å². The molecule has 1 aromatic carbocycles. The number of aromatic nitrogens is 2. The quantitative estimate of drug-likeness (QED) is 0.799. The molecule has 0 spiro atoms. The van der Waals surface area contributed by atoms with Crippen molar-refractivity contribution in [3.8, 4) is 0 Å². The molecule has 1 aliphatic rings. The molecule has 4 rings (SSSR count). The van der Waals surface area contributed by atoms with Crippen LogP contribution in [0.5, 0.6) is 0 Å². The first-order valence-electron chi connectivity index (χ1n) is 8.34. The van der Waals surface area contributed by atoms with Gasteiger partial charge in [-0.1, -0.05) is 29.4 Å². The first-order chi connectivity index (χ1) is 11.7. The summed E-state index contributed by atoms with van der Waals surface area (Å²) < 4.78 is 5.28. The molecule has 2 aromatic heterocycles. The molecule has 0 aliphatic carbocycles. The lowest BCUT2D eigenvalue weighted by Crippen LogP contribution is -2.21. The number of aliphatic hydroxyl groups is 1. The lowest BCUT2D eigenvalue weighted by Gasteiger charge is -2.14. The van der Waals surface area contributed by atoms with Gasteiger partial charge in [0.15, 0.2) is 5.76 Å². The van der Waals surface area contributed by atoms with E-state index in [0.29, 0.717) is 13.1 Å². The summed E-state index contributed by atoms with van der Waals surface area (Å²) in [6.07, 6.45) is 0.458. The standard InChI is InChI=1S/C19H21N3O2/c1-13-8-17(24-21-13)11-22-10-15(19(23)12-22)9-16-7-6-14-4-2-3-5-18(14)20-16/h2-8,15,19,23H,9-12H2,1H3/t15-,19-/m1/s1. The van der Waals surface area contributed by atoms with Crippen LogP contribution in [0.15, 0.2) is 47.0 Å². The summed E-state index contributed by atoms with van der Waals surface area (Å²) in [6, 6.07) is 14.2. The number of hydrogen-bond acceptors (Lipinski definition) is 5. The van der Waals surface area contributed by atoms with Crippen LogP contribution in [0.2, 0.25) is 0 Å². The maximum absolute atomic E-state index is 10.4. The normalized spacial score (nSPS) is 21.6. The van der Waals surface area contributed by atoms with E-state index in [9.17, 15) is 5.11 Å². The molecule has 1 aliphatic heterocycles. The smallest absolute Gasteiger partial charge is 0.150 e. The minimum Gasteiger partial charge on any atom is -0.391 e. The van der Waals surface area contributed by atoms with Gasteiger partial charge in [0.05, 0.1) is 23.9 Å². The SMILES string of the molecule is Cc1cc(CN2C[C@@H](Cc3ccc4ccccc4n3)[C@H](O)C2)on1. The van der Waals surface area contributed by atoms with E-state index in [1.165, 1.54) is 0 Å². The highest BCUT2D eigenvalue weighted by molar-refractivity contribution is 5.78. The zero-order valence-corrected chi connectivity index (χ0v) is 13.7. The molecular formula is C19H21N3O2. The van der Waals surface area contributed by atoms with Crippen LogP contribution in [-0.2, 0) is 13.0 Å². The molecule has 5 nitrogen and oxygen atoms in total. The Morgan fingerprint density at radius 2 is 2.08 bits per heavy atom. The third kappa shape index (κ3) is 3.18. The molecule has 0 saturated carbocycles. The number of hydrogen-bond donors (Lipinski definition) is 1. The Morgan fingerprint density at radius 1 is 1.21 bits per heavy atom. The lowest BCUT2D eigenvalue weighted by atomic mass is 9.99. The Morgan fingerprint density at radius 3 is 2.92 bits per heavy atom. The van der Waals surface area contributed by atoms with E-state index in [0.717, 1.165) is 41.0 Å². The van der Waals surface area contributed by atoms with Gasteiger partial charge in [-0.3, -0.25) is 9.88 Å². The van der Waals surface area contributed by atoms with Crippen molar-refractivity contribution in [3.63, 3.8) is 0 Å². The fraction of sp³-hybridized carbons (Fsp3) is 0.368. The fourth-order valence-corrected chi connectivity index (χ4v) is 3.47. The molecule has 3 heterocycles. The number of rotatable bonds is 4. The fourth-order valence-electron chi connectivity index (χ4n) is 3.47. The minimum atomic E-state index is -0.331. The van der Waals surface area contributed by atoms with Crippen molar-refractivity contribution in [2.45, 2.75) is 26.0 Å². The molecule has 2 atom stereocenters. The van der Waals surface area contributed by atoms with E-state index in [1.54, 1.807) is 0 Å². The summed E-state index contributed by atoms with van der Waals surface area (Å²) in [5, 5.41) is 15.5. The van der Waals surface area contributed by atoms with Gasteiger partial charge in [-0.2, -0.15) is 0 Å². The molecule has 0 amide bonds. The Balaban J connectivity index is 1.43. The second-order valence-electron chi connectivity index (χ2n) is 6.66. The van der Waals surface area contributed by atoms with Gasteiger partial charge in [-0.15, -0.1) is 0 Å². The Kier molecular flexibility index (Phi) is 4.04. The van der Waals surface area contributed by atoms with Crippen LogP contribution in [-0.4, -0.2) is 39.3 Å². The maximum atomic E-state index is 10.4. The highest BCUT2D eigenvalue weighted by Gasteiger charge is 2.32. The third-order valence-corrected chi connectivity index (χ3v) is 4.67.